The molecule has 2 aromatic heterocycles. The van der Waals surface area contributed by atoms with Crippen molar-refractivity contribution >= 4 is 17.3 Å². The van der Waals surface area contributed by atoms with Crippen LogP contribution < -0.4 is 0 Å². The Hall–Kier alpha value is -3.09. The highest BCUT2D eigenvalue weighted by atomic mass is 19.4. The number of carbonyl (C=O) groups excluding carboxylic acids is 2. The quantitative estimate of drug-likeness (QED) is 0.517. The maximum absolute atomic E-state index is 13.8. The number of ether oxygens (including phenoxy) is 1. The fraction of sp³-hybridized carbons (Fsp3) is 0.158. The summed E-state index contributed by atoms with van der Waals surface area (Å²) in [4.78, 5) is 25.0. The maximum Gasteiger partial charge on any atom is 0.419 e. The van der Waals surface area contributed by atoms with E-state index in [0.29, 0.717) is 5.56 Å². The van der Waals surface area contributed by atoms with Gasteiger partial charge in [-0.05, 0) is 24.6 Å². The number of halogens is 3. The molecule has 3 aromatic rings. The Labute approximate surface area is 146 Å². The van der Waals surface area contributed by atoms with Gasteiger partial charge in [-0.25, -0.2) is 4.79 Å². The van der Waals surface area contributed by atoms with E-state index in [1.165, 1.54) is 24.4 Å². The van der Waals surface area contributed by atoms with E-state index in [2.05, 4.69) is 4.74 Å². The van der Waals surface area contributed by atoms with E-state index in [0.717, 1.165) is 11.5 Å². The first-order valence-electron chi connectivity index (χ1n) is 7.65. The molecule has 0 atom stereocenters. The van der Waals surface area contributed by atoms with Crippen LogP contribution in [0.15, 0.2) is 48.7 Å². The van der Waals surface area contributed by atoms with E-state index in [1.807, 2.05) is 0 Å². The Kier molecular flexibility index (Phi) is 4.31. The van der Waals surface area contributed by atoms with Crippen molar-refractivity contribution in [1.29, 1.82) is 0 Å². The van der Waals surface area contributed by atoms with Crippen molar-refractivity contribution in [3.05, 3.63) is 76.6 Å². The Morgan fingerprint density at radius 2 is 1.73 bits per heavy atom. The lowest BCUT2D eigenvalue weighted by atomic mass is 10.0. The lowest BCUT2D eigenvalue weighted by Crippen LogP contribution is -2.17. The van der Waals surface area contributed by atoms with Gasteiger partial charge in [0.25, 0.3) is 0 Å². The highest BCUT2D eigenvalue weighted by Gasteiger charge is 2.44. The molecule has 134 valence electrons. The maximum atomic E-state index is 13.8. The smallest absolute Gasteiger partial charge is 0.419 e. The minimum Gasteiger partial charge on any atom is -0.465 e. The summed E-state index contributed by atoms with van der Waals surface area (Å²) < 4.78 is 47.2. The Morgan fingerprint density at radius 1 is 1.08 bits per heavy atom. The first-order valence-corrected chi connectivity index (χ1v) is 7.65. The zero-order valence-corrected chi connectivity index (χ0v) is 13.9. The first kappa shape index (κ1) is 17.7. The minimum atomic E-state index is -4.91. The van der Waals surface area contributed by atoms with Crippen molar-refractivity contribution in [2.45, 2.75) is 13.1 Å². The normalized spacial score (nSPS) is 11.6. The van der Waals surface area contributed by atoms with Crippen molar-refractivity contribution in [2.75, 3.05) is 7.11 Å². The van der Waals surface area contributed by atoms with Crippen LogP contribution in [-0.4, -0.2) is 23.3 Å². The van der Waals surface area contributed by atoms with Gasteiger partial charge in [-0.2, -0.15) is 13.2 Å². The third-order valence-corrected chi connectivity index (χ3v) is 4.02. The van der Waals surface area contributed by atoms with Crippen LogP contribution in [0, 0.1) is 6.92 Å². The lowest BCUT2D eigenvalue weighted by molar-refractivity contribution is -0.138. The van der Waals surface area contributed by atoms with E-state index < -0.39 is 34.7 Å². The van der Waals surface area contributed by atoms with Crippen LogP contribution >= 0.6 is 0 Å². The molecule has 0 bridgehead atoms. The number of aryl methyl sites for hydroxylation is 1. The minimum absolute atomic E-state index is 0.0246. The number of methoxy groups -OCH3 is 1. The van der Waals surface area contributed by atoms with Crippen molar-refractivity contribution < 1.29 is 27.5 Å². The van der Waals surface area contributed by atoms with Crippen LogP contribution in [0.5, 0.6) is 0 Å². The van der Waals surface area contributed by atoms with Crippen LogP contribution in [-0.2, 0) is 10.9 Å². The third-order valence-electron chi connectivity index (χ3n) is 4.02. The number of alkyl halides is 3. The molecule has 0 spiro atoms. The number of benzene rings is 1. The van der Waals surface area contributed by atoms with Crippen LogP contribution in [0.2, 0.25) is 0 Å². The van der Waals surface area contributed by atoms with Crippen LogP contribution in [0.1, 0.15) is 37.5 Å². The molecular weight excluding hydrogens is 347 g/mol. The summed E-state index contributed by atoms with van der Waals surface area (Å²) in [7, 11) is 1.00. The number of carbonyl (C=O) groups is 2. The topological polar surface area (TPSA) is 47.8 Å². The third kappa shape index (κ3) is 2.85. The van der Waals surface area contributed by atoms with Crippen LogP contribution in [0.4, 0.5) is 13.2 Å². The predicted octanol–water partition coefficient (Wildman–Crippen LogP) is 4.28. The molecule has 0 unspecified atom stereocenters. The summed E-state index contributed by atoms with van der Waals surface area (Å²) in [6.07, 6.45) is -3.56. The molecule has 26 heavy (non-hydrogen) atoms. The first-order chi connectivity index (χ1) is 12.3. The number of hydrogen-bond acceptors (Lipinski definition) is 3. The van der Waals surface area contributed by atoms with E-state index in [1.54, 1.807) is 31.2 Å². The van der Waals surface area contributed by atoms with Gasteiger partial charge >= 0.3 is 12.1 Å². The molecule has 4 nitrogen and oxygen atoms in total. The van der Waals surface area contributed by atoms with Crippen molar-refractivity contribution in [2.24, 2.45) is 0 Å². The van der Waals surface area contributed by atoms with Crippen LogP contribution in [0.3, 0.4) is 0 Å². The SMILES string of the molecule is COC(=O)c1c(C(F)(F)F)c(C(=O)c2ccccc2)n2ccc(C)cc12. The number of rotatable bonds is 3. The number of fused-ring (bicyclic) bond motifs is 1. The standard InChI is InChI=1S/C19H14F3NO3/c1-11-8-9-23-13(10-11)14(18(25)26-2)15(19(20,21)22)16(23)17(24)12-6-4-3-5-7-12/h3-10H,1-2H3. The molecule has 7 heteroatoms. The van der Waals surface area contributed by atoms with Crippen LogP contribution in [0.25, 0.3) is 5.52 Å². The highest BCUT2D eigenvalue weighted by Crippen LogP contribution is 2.39. The second kappa shape index (κ2) is 6.33. The number of esters is 1. The number of aromatic nitrogens is 1. The average molecular weight is 361 g/mol. The van der Waals surface area contributed by atoms with Gasteiger partial charge in [0.05, 0.1) is 18.2 Å². The Bertz CT molecular complexity index is 1000. The zero-order valence-electron chi connectivity index (χ0n) is 13.9. The predicted molar refractivity (Wildman–Crippen MR) is 88.4 cm³/mol. The molecular formula is C19H14F3NO3. The van der Waals surface area contributed by atoms with Gasteiger partial charge in [0.1, 0.15) is 11.3 Å². The summed E-state index contributed by atoms with van der Waals surface area (Å²) in [6.45, 7) is 1.68. The molecule has 0 radical (unpaired) electrons. The molecule has 2 heterocycles. The monoisotopic (exact) mass is 361 g/mol. The number of pyridine rings is 1. The number of hydrogen-bond donors (Lipinski definition) is 0. The van der Waals surface area contributed by atoms with Gasteiger partial charge in [0.2, 0.25) is 5.78 Å². The summed E-state index contributed by atoms with van der Waals surface area (Å²) in [5.41, 5.74) is -1.85. The summed E-state index contributed by atoms with van der Waals surface area (Å²) in [6, 6.07) is 10.6. The largest absolute Gasteiger partial charge is 0.465 e. The van der Waals surface area contributed by atoms with Gasteiger partial charge in [0, 0.05) is 11.8 Å². The molecule has 3 rings (SSSR count). The molecule has 1 aromatic carbocycles. The van der Waals surface area contributed by atoms with Gasteiger partial charge in [-0.3, -0.25) is 4.79 Å². The molecule has 0 saturated heterocycles. The molecule has 0 aliphatic rings. The molecule has 0 aliphatic carbocycles. The second-order valence-corrected chi connectivity index (χ2v) is 5.74. The van der Waals surface area contributed by atoms with Gasteiger partial charge in [-0.1, -0.05) is 30.3 Å². The molecule has 0 aliphatic heterocycles. The van der Waals surface area contributed by atoms with Crippen molar-refractivity contribution in [3.63, 3.8) is 0 Å². The number of ketones is 1. The Morgan fingerprint density at radius 3 is 2.31 bits per heavy atom. The fourth-order valence-corrected chi connectivity index (χ4v) is 2.89. The van der Waals surface area contributed by atoms with Gasteiger partial charge in [0.15, 0.2) is 0 Å². The summed E-state index contributed by atoms with van der Waals surface area (Å²) >= 11 is 0. The zero-order chi connectivity index (χ0) is 19.1. The summed E-state index contributed by atoms with van der Waals surface area (Å²) in [5, 5.41) is 0. The molecule has 0 fully saturated rings. The Balaban J connectivity index is 2.45. The van der Waals surface area contributed by atoms with E-state index in [-0.39, 0.29) is 11.1 Å². The van der Waals surface area contributed by atoms with E-state index >= 15 is 0 Å². The van der Waals surface area contributed by atoms with Crippen molar-refractivity contribution in [1.82, 2.24) is 4.40 Å². The lowest BCUT2D eigenvalue weighted by Gasteiger charge is -2.10. The van der Waals surface area contributed by atoms with Gasteiger partial charge in [-0.15, -0.1) is 0 Å². The van der Waals surface area contributed by atoms with Crippen molar-refractivity contribution in [3.8, 4) is 0 Å². The second-order valence-electron chi connectivity index (χ2n) is 5.74. The average Bonchev–Trinajstić information content (AvgIpc) is 2.95. The highest BCUT2D eigenvalue weighted by molar-refractivity contribution is 6.13. The fourth-order valence-electron chi connectivity index (χ4n) is 2.89. The molecule has 0 saturated carbocycles. The number of nitrogens with zero attached hydrogens (tertiary/aromatic N) is 1. The van der Waals surface area contributed by atoms with Gasteiger partial charge < -0.3 is 9.14 Å². The molecule has 0 N–H and O–H groups in total. The summed E-state index contributed by atoms with van der Waals surface area (Å²) in [5.74, 6) is -1.97. The van der Waals surface area contributed by atoms with E-state index in [4.69, 9.17) is 0 Å². The van der Waals surface area contributed by atoms with E-state index in [9.17, 15) is 22.8 Å². The molecule has 0 amide bonds.